The van der Waals surface area contributed by atoms with E-state index in [9.17, 15) is 0 Å². The van der Waals surface area contributed by atoms with Gasteiger partial charge in [-0.1, -0.05) is 0 Å². The maximum Gasteiger partial charge on any atom is 0.0631 e. The van der Waals surface area contributed by atoms with Crippen molar-refractivity contribution >= 4 is 6.21 Å². The van der Waals surface area contributed by atoms with Gasteiger partial charge in [-0.3, -0.25) is 0 Å². The van der Waals surface area contributed by atoms with Crippen molar-refractivity contribution in [2.45, 2.75) is 19.4 Å². The lowest BCUT2D eigenvalue weighted by atomic mass is 10.1. The minimum atomic E-state index is -0.200. The maximum absolute atomic E-state index is 8.06. The van der Waals surface area contributed by atoms with Crippen molar-refractivity contribution in [2.24, 2.45) is 5.16 Å². The zero-order chi connectivity index (χ0) is 6.62. The van der Waals surface area contributed by atoms with Crippen LogP contribution in [-0.2, 0) is 0 Å². The molecule has 48 valence electrons. The molecule has 3 heteroatoms. The van der Waals surface area contributed by atoms with E-state index in [1.165, 1.54) is 6.21 Å². The lowest BCUT2D eigenvalue weighted by Crippen LogP contribution is -2.37. The molecule has 0 aliphatic heterocycles. The van der Waals surface area contributed by atoms with Gasteiger partial charge in [-0.05, 0) is 20.9 Å². The largest absolute Gasteiger partial charge is 0.411 e. The van der Waals surface area contributed by atoms with Gasteiger partial charge in [0.25, 0.3) is 0 Å². The van der Waals surface area contributed by atoms with Crippen molar-refractivity contribution in [3.8, 4) is 0 Å². The Morgan fingerprint density at radius 2 is 2.12 bits per heavy atom. The first-order valence-electron chi connectivity index (χ1n) is 2.50. The van der Waals surface area contributed by atoms with Gasteiger partial charge < -0.3 is 10.5 Å². The molecule has 8 heavy (non-hydrogen) atoms. The Kier molecular flexibility index (Phi) is 2.48. The molecule has 0 fully saturated rings. The lowest BCUT2D eigenvalue weighted by molar-refractivity contribution is 0.316. The van der Waals surface area contributed by atoms with Gasteiger partial charge >= 0.3 is 0 Å². The molecular formula is C5H12N2O. The van der Waals surface area contributed by atoms with Gasteiger partial charge in [-0.2, -0.15) is 0 Å². The van der Waals surface area contributed by atoms with E-state index < -0.39 is 0 Å². The molecule has 3 nitrogen and oxygen atoms in total. The highest BCUT2D eigenvalue weighted by atomic mass is 16.4. The summed E-state index contributed by atoms with van der Waals surface area (Å²) in [4.78, 5) is 0. The highest BCUT2D eigenvalue weighted by Gasteiger charge is 2.09. The average Bonchev–Trinajstić information content (AvgIpc) is 1.67. The quantitative estimate of drug-likeness (QED) is 0.312. The van der Waals surface area contributed by atoms with Crippen LogP contribution in [0.15, 0.2) is 5.16 Å². The van der Waals surface area contributed by atoms with E-state index in [1.54, 1.807) is 0 Å². The highest BCUT2D eigenvalue weighted by molar-refractivity contribution is 5.67. The van der Waals surface area contributed by atoms with Crippen LogP contribution in [-0.4, -0.2) is 24.0 Å². The van der Waals surface area contributed by atoms with E-state index >= 15 is 0 Å². The zero-order valence-electron chi connectivity index (χ0n) is 5.47. The Morgan fingerprint density at radius 3 is 2.25 bits per heavy atom. The fourth-order valence-electron chi connectivity index (χ4n) is 0.209. The van der Waals surface area contributed by atoms with Crippen molar-refractivity contribution in [1.29, 1.82) is 0 Å². The standard InChI is InChI=1S/C5H12N2O/c1-5(2,6-3)4-7-8/h4,6,8H,1-3H3. The lowest BCUT2D eigenvalue weighted by Gasteiger charge is -2.15. The van der Waals surface area contributed by atoms with Crippen LogP contribution in [0, 0.1) is 0 Å². The number of hydrogen-bond donors (Lipinski definition) is 2. The molecule has 0 heterocycles. The molecule has 0 aromatic carbocycles. The first-order chi connectivity index (χ1) is 3.62. The summed E-state index contributed by atoms with van der Waals surface area (Å²) in [5.41, 5.74) is -0.200. The monoisotopic (exact) mass is 116 g/mol. The van der Waals surface area contributed by atoms with Crippen molar-refractivity contribution in [3.05, 3.63) is 0 Å². The van der Waals surface area contributed by atoms with E-state index in [0.29, 0.717) is 0 Å². The summed E-state index contributed by atoms with van der Waals surface area (Å²) in [6, 6.07) is 0. The molecule has 0 radical (unpaired) electrons. The topological polar surface area (TPSA) is 44.6 Å². The van der Waals surface area contributed by atoms with Crippen molar-refractivity contribution in [1.82, 2.24) is 5.32 Å². The minimum Gasteiger partial charge on any atom is -0.411 e. The number of oxime groups is 1. The van der Waals surface area contributed by atoms with Crippen LogP contribution in [0.4, 0.5) is 0 Å². The highest BCUT2D eigenvalue weighted by Crippen LogP contribution is 1.93. The maximum atomic E-state index is 8.06. The van der Waals surface area contributed by atoms with Crippen LogP contribution in [0.1, 0.15) is 13.8 Å². The number of rotatable bonds is 2. The van der Waals surface area contributed by atoms with Gasteiger partial charge in [0.2, 0.25) is 0 Å². The van der Waals surface area contributed by atoms with E-state index in [-0.39, 0.29) is 5.54 Å². The van der Waals surface area contributed by atoms with Crippen LogP contribution < -0.4 is 5.32 Å². The normalized spacial score (nSPS) is 12.9. The number of nitrogens with zero attached hydrogens (tertiary/aromatic N) is 1. The first kappa shape index (κ1) is 7.43. The van der Waals surface area contributed by atoms with Gasteiger partial charge in [-0.25, -0.2) is 0 Å². The molecule has 0 saturated heterocycles. The van der Waals surface area contributed by atoms with Gasteiger partial charge in [0.05, 0.1) is 11.8 Å². The smallest absolute Gasteiger partial charge is 0.0631 e. The molecule has 0 aromatic rings. The van der Waals surface area contributed by atoms with E-state index in [2.05, 4.69) is 10.5 Å². The fraction of sp³-hybridized carbons (Fsp3) is 0.800. The third-order valence-electron chi connectivity index (χ3n) is 1.02. The van der Waals surface area contributed by atoms with Crippen molar-refractivity contribution in [3.63, 3.8) is 0 Å². The Morgan fingerprint density at radius 1 is 1.62 bits per heavy atom. The van der Waals surface area contributed by atoms with Crippen molar-refractivity contribution < 1.29 is 5.21 Å². The molecule has 0 saturated carbocycles. The second-order valence-corrected chi connectivity index (χ2v) is 2.22. The third-order valence-corrected chi connectivity index (χ3v) is 1.02. The second kappa shape index (κ2) is 2.67. The summed E-state index contributed by atoms with van der Waals surface area (Å²) < 4.78 is 0. The fourth-order valence-corrected chi connectivity index (χ4v) is 0.209. The number of hydrogen-bond acceptors (Lipinski definition) is 3. The summed E-state index contributed by atoms with van der Waals surface area (Å²) in [5, 5.41) is 13.9. The van der Waals surface area contributed by atoms with Gasteiger partial charge in [-0.15, -0.1) is 5.16 Å². The van der Waals surface area contributed by atoms with Crippen LogP contribution in [0.2, 0.25) is 0 Å². The summed E-state index contributed by atoms with van der Waals surface area (Å²) in [7, 11) is 1.81. The van der Waals surface area contributed by atoms with Gasteiger partial charge in [0, 0.05) is 0 Å². The predicted octanol–water partition coefficient (Wildman–Crippen LogP) is 0.444. The van der Waals surface area contributed by atoms with Gasteiger partial charge in [0.15, 0.2) is 0 Å². The second-order valence-electron chi connectivity index (χ2n) is 2.22. The molecule has 0 aliphatic carbocycles. The molecule has 0 spiro atoms. The predicted molar refractivity (Wildman–Crippen MR) is 33.4 cm³/mol. The summed E-state index contributed by atoms with van der Waals surface area (Å²) in [6.07, 6.45) is 1.44. The van der Waals surface area contributed by atoms with Crippen LogP contribution in [0.3, 0.4) is 0 Å². The Labute approximate surface area is 49.4 Å². The summed E-state index contributed by atoms with van der Waals surface area (Å²) in [5.74, 6) is 0. The van der Waals surface area contributed by atoms with Crippen LogP contribution in [0.5, 0.6) is 0 Å². The average molecular weight is 116 g/mol. The van der Waals surface area contributed by atoms with Gasteiger partial charge in [0.1, 0.15) is 0 Å². The Bertz CT molecular complexity index is 88.4. The van der Waals surface area contributed by atoms with E-state index in [0.717, 1.165) is 0 Å². The van der Waals surface area contributed by atoms with Crippen LogP contribution in [0.25, 0.3) is 0 Å². The first-order valence-corrected chi connectivity index (χ1v) is 2.50. The molecule has 0 rings (SSSR count). The van der Waals surface area contributed by atoms with Crippen LogP contribution >= 0.6 is 0 Å². The Hall–Kier alpha value is -0.570. The molecule has 0 bridgehead atoms. The minimum absolute atomic E-state index is 0.200. The number of nitrogens with one attached hydrogen (secondary N) is 1. The molecule has 0 aliphatic rings. The Balaban J connectivity index is 3.71. The van der Waals surface area contributed by atoms with E-state index in [4.69, 9.17) is 5.21 Å². The zero-order valence-corrected chi connectivity index (χ0v) is 5.47. The molecular weight excluding hydrogens is 104 g/mol. The summed E-state index contributed by atoms with van der Waals surface area (Å²) >= 11 is 0. The molecule has 0 atom stereocenters. The summed E-state index contributed by atoms with van der Waals surface area (Å²) in [6.45, 7) is 3.82. The van der Waals surface area contributed by atoms with Crippen molar-refractivity contribution in [2.75, 3.05) is 7.05 Å². The molecule has 0 aromatic heterocycles. The molecule has 0 unspecified atom stereocenters. The third kappa shape index (κ3) is 2.58. The molecule has 2 N–H and O–H groups in total. The SMILES string of the molecule is CNC(C)(C)C=NO. The van der Waals surface area contributed by atoms with E-state index in [1.807, 2.05) is 20.9 Å². The molecule has 0 amide bonds.